The maximum Gasteiger partial charge on any atom is 0.232 e. The minimum absolute atomic E-state index is 0.112. The Labute approximate surface area is 176 Å². The van der Waals surface area contributed by atoms with E-state index in [1.807, 2.05) is 52.7 Å². The number of methoxy groups -OCH3 is 1. The first-order chi connectivity index (χ1) is 14.2. The molecule has 1 amide bonds. The smallest absolute Gasteiger partial charge is 0.232 e. The first kappa shape index (κ1) is 19.6. The second-order valence-electron chi connectivity index (χ2n) is 7.49. The molecule has 29 heavy (non-hydrogen) atoms. The summed E-state index contributed by atoms with van der Waals surface area (Å²) in [6.07, 6.45) is 5.50. The Hall–Kier alpha value is -2.66. The molecule has 1 aromatic heterocycles. The quantitative estimate of drug-likeness (QED) is 0.509. The van der Waals surface area contributed by atoms with Crippen molar-refractivity contribution in [3.05, 3.63) is 65.5 Å². The maximum atomic E-state index is 13.4. The lowest BCUT2D eigenvalue weighted by molar-refractivity contribution is -0.123. The van der Waals surface area contributed by atoms with Crippen LogP contribution in [0.3, 0.4) is 0 Å². The fourth-order valence-corrected chi connectivity index (χ4v) is 4.70. The van der Waals surface area contributed by atoms with E-state index in [0.717, 1.165) is 53.4 Å². The molecule has 1 heterocycles. The van der Waals surface area contributed by atoms with Crippen molar-refractivity contribution in [3.8, 4) is 17.0 Å². The van der Waals surface area contributed by atoms with Gasteiger partial charge in [0.25, 0.3) is 0 Å². The Morgan fingerprint density at radius 1 is 1.07 bits per heavy atom. The molecule has 0 radical (unpaired) electrons. The van der Waals surface area contributed by atoms with Crippen LogP contribution in [0.2, 0.25) is 0 Å². The average Bonchev–Trinajstić information content (AvgIpc) is 3.28. The topological polar surface area (TPSA) is 42.4 Å². The van der Waals surface area contributed by atoms with Gasteiger partial charge in [0.15, 0.2) is 5.13 Å². The third kappa shape index (κ3) is 4.67. The second kappa shape index (κ2) is 9.23. The Balaban J connectivity index is 1.61. The third-order valence-corrected chi connectivity index (χ3v) is 6.38. The summed E-state index contributed by atoms with van der Waals surface area (Å²) in [5, 5.41) is 2.80. The van der Waals surface area contributed by atoms with Gasteiger partial charge in [-0.3, -0.25) is 9.69 Å². The number of carbonyl (C=O) groups excluding carboxylic acids is 1. The number of aromatic nitrogens is 1. The van der Waals surface area contributed by atoms with Gasteiger partial charge in [-0.05, 0) is 42.7 Å². The van der Waals surface area contributed by atoms with Crippen LogP contribution in [0.4, 0.5) is 5.13 Å². The van der Waals surface area contributed by atoms with Crippen molar-refractivity contribution >= 4 is 22.4 Å². The molecule has 4 rings (SSSR count). The molecule has 3 aromatic rings. The Morgan fingerprint density at radius 2 is 1.79 bits per heavy atom. The summed E-state index contributed by atoms with van der Waals surface area (Å²) in [6, 6.07) is 18.0. The molecular formula is C24H26N2O2S. The van der Waals surface area contributed by atoms with Gasteiger partial charge in [0.2, 0.25) is 5.91 Å². The lowest BCUT2D eigenvalue weighted by atomic mass is 9.88. The first-order valence-electron chi connectivity index (χ1n) is 10.2. The van der Waals surface area contributed by atoms with Crippen LogP contribution >= 0.6 is 11.3 Å². The number of benzene rings is 2. The predicted octanol–water partition coefficient (Wildman–Crippen LogP) is 5.93. The average molecular weight is 407 g/mol. The van der Waals surface area contributed by atoms with Gasteiger partial charge in [-0.15, -0.1) is 11.3 Å². The van der Waals surface area contributed by atoms with E-state index in [2.05, 4.69) is 12.1 Å². The fraction of sp³-hybridized carbons (Fsp3) is 0.333. The molecule has 0 bridgehead atoms. The Bertz CT molecular complexity index is 931. The van der Waals surface area contributed by atoms with Crippen LogP contribution in [0.25, 0.3) is 11.3 Å². The summed E-state index contributed by atoms with van der Waals surface area (Å²) >= 11 is 1.54. The van der Waals surface area contributed by atoms with Crippen LogP contribution in [0.5, 0.6) is 5.75 Å². The third-order valence-electron chi connectivity index (χ3n) is 5.51. The molecule has 2 aromatic carbocycles. The number of amides is 1. The highest BCUT2D eigenvalue weighted by atomic mass is 32.1. The minimum Gasteiger partial charge on any atom is -0.497 e. The summed E-state index contributed by atoms with van der Waals surface area (Å²) in [5.41, 5.74) is 3.04. The van der Waals surface area contributed by atoms with Gasteiger partial charge in [-0.2, -0.15) is 0 Å². The molecule has 1 fully saturated rings. The molecule has 0 N–H and O–H groups in total. The van der Waals surface area contributed by atoms with E-state index in [1.54, 1.807) is 7.11 Å². The molecule has 150 valence electrons. The van der Waals surface area contributed by atoms with Crippen molar-refractivity contribution in [1.82, 2.24) is 4.98 Å². The lowest BCUT2D eigenvalue weighted by Crippen LogP contribution is -2.36. The number of rotatable bonds is 6. The number of hydrogen-bond acceptors (Lipinski definition) is 4. The van der Waals surface area contributed by atoms with E-state index >= 15 is 0 Å². The standard InChI is InChI=1S/C24H26N2O2S/c1-28-21-14-12-19(13-15-21)22-17-29-24(25-22)26(16-18-8-4-2-5-9-18)23(27)20-10-6-3-7-11-20/h2,4-5,8-9,12-15,17,20H,3,6-7,10-11,16H2,1H3. The van der Waals surface area contributed by atoms with Crippen molar-refractivity contribution in [2.75, 3.05) is 12.0 Å². The molecule has 1 saturated carbocycles. The highest BCUT2D eigenvalue weighted by molar-refractivity contribution is 7.14. The first-order valence-corrected chi connectivity index (χ1v) is 11.1. The Kier molecular flexibility index (Phi) is 6.25. The van der Waals surface area contributed by atoms with E-state index < -0.39 is 0 Å². The minimum atomic E-state index is 0.112. The molecule has 1 aliphatic carbocycles. The number of ether oxygens (including phenoxy) is 1. The van der Waals surface area contributed by atoms with Gasteiger partial charge in [0.1, 0.15) is 5.75 Å². The van der Waals surface area contributed by atoms with Crippen LogP contribution in [0.15, 0.2) is 60.0 Å². The van der Waals surface area contributed by atoms with Gasteiger partial charge >= 0.3 is 0 Å². The molecule has 4 nitrogen and oxygen atoms in total. The van der Waals surface area contributed by atoms with Crippen LogP contribution in [-0.4, -0.2) is 18.0 Å². The normalized spacial score (nSPS) is 14.5. The van der Waals surface area contributed by atoms with Crippen molar-refractivity contribution in [3.63, 3.8) is 0 Å². The van der Waals surface area contributed by atoms with E-state index in [-0.39, 0.29) is 11.8 Å². The van der Waals surface area contributed by atoms with Crippen LogP contribution in [0, 0.1) is 5.92 Å². The number of thiazole rings is 1. The van der Waals surface area contributed by atoms with E-state index in [4.69, 9.17) is 9.72 Å². The predicted molar refractivity (Wildman–Crippen MR) is 118 cm³/mol. The van der Waals surface area contributed by atoms with Crippen molar-refractivity contribution in [2.24, 2.45) is 5.92 Å². The molecule has 0 spiro atoms. The highest BCUT2D eigenvalue weighted by Gasteiger charge is 2.28. The number of hydrogen-bond donors (Lipinski definition) is 0. The van der Waals surface area contributed by atoms with E-state index in [1.165, 1.54) is 17.8 Å². The molecule has 1 aliphatic rings. The van der Waals surface area contributed by atoms with Gasteiger partial charge < -0.3 is 4.74 Å². The van der Waals surface area contributed by atoms with Gasteiger partial charge in [0, 0.05) is 16.9 Å². The van der Waals surface area contributed by atoms with Crippen molar-refractivity contribution in [1.29, 1.82) is 0 Å². The van der Waals surface area contributed by atoms with E-state index in [9.17, 15) is 4.79 Å². The molecular weight excluding hydrogens is 380 g/mol. The van der Waals surface area contributed by atoms with Crippen LogP contribution in [0.1, 0.15) is 37.7 Å². The molecule has 0 unspecified atom stereocenters. The van der Waals surface area contributed by atoms with E-state index in [0.29, 0.717) is 6.54 Å². The zero-order valence-electron chi connectivity index (χ0n) is 16.7. The summed E-state index contributed by atoms with van der Waals surface area (Å²) in [4.78, 5) is 20.1. The number of carbonyl (C=O) groups is 1. The zero-order valence-corrected chi connectivity index (χ0v) is 17.5. The zero-order chi connectivity index (χ0) is 20.1. The summed E-state index contributed by atoms with van der Waals surface area (Å²) < 4.78 is 5.24. The fourth-order valence-electron chi connectivity index (χ4n) is 3.86. The van der Waals surface area contributed by atoms with Crippen molar-refractivity contribution < 1.29 is 9.53 Å². The molecule has 0 saturated heterocycles. The lowest BCUT2D eigenvalue weighted by Gasteiger charge is -2.27. The monoisotopic (exact) mass is 406 g/mol. The summed E-state index contributed by atoms with van der Waals surface area (Å²) in [6.45, 7) is 0.561. The maximum absolute atomic E-state index is 13.4. The van der Waals surface area contributed by atoms with Gasteiger partial charge in [-0.1, -0.05) is 49.6 Å². The number of anilines is 1. The summed E-state index contributed by atoms with van der Waals surface area (Å²) in [7, 11) is 1.66. The highest BCUT2D eigenvalue weighted by Crippen LogP contribution is 2.33. The molecule has 5 heteroatoms. The SMILES string of the molecule is COc1ccc(-c2csc(N(Cc3ccccc3)C(=O)C3CCCCC3)n2)cc1. The van der Waals surface area contributed by atoms with Crippen LogP contribution < -0.4 is 9.64 Å². The van der Waals surface area contributed by atoms with Gasteiger partial charge in [0.05, 0.1) is 19.3 Å². The Morgan fingerprint density at radius 3 is 2.48 bits per heavy atom. The largest absolute Gasteiger partial charge is 0.497 e. The van der Waals surface area contributed by atoms with Crippen LogP contribution in [-0.2, 0) is 11.3 Å². The second-order valence-corrected chi connectivity index (χ2v) is 8.33. The summed E-state index contributed by atoms with van der Waals surface area (Å²) in [5.74, 6) is 1.15. The van der Waals surface area contributed by atoms with Gasteiger partial charge in [-0.25, -0.2) is 4.98 Å². The van der Waals surface area contributed by atoms with Crippen molar-refractivity contribution in [2.45, 2.75) is 38.6 Å². The molecule has 0 atom stereocenters. The molecule has 0 aliphatic heterocycles. The number of nitrogens with zero attached hydrogens (tertiary/aromatic N) is 2.